The Morgan fingerprint density at radius 2 is 2.00 bits per heavy atom. The van der Waals surface area contributed by atoms with Crippen LogP contribution < -0.4 is 10.1 Å². The van der Waals surface area contributed by atoms with E-state index in [0.717, 1.165) is 5.56 Å². The second-order valence-electron chi connectivity index (χ2n) is 4.26. The van der Waals surface area contributed by atoms with Crippen molar-refractivity contribution in [3.8, 4) is 5.75 Å². The number of ether oxygens (including phenoxy) is 1. The first kappa shape index (κ1) is 14.5. The standard InChI is InChI=1S/C15H13BrFNO2/c1-9-3-4-10(7-14(9)20-2)15(19)18-13-8-11(17)5-6-12(13)16/h3-8H,1-2H3,(H,18,19). The number of hydrogen-bond donors (Lipinski definition) is 1. The lowest BCUT2D eigenvalue weighted by atomic mass is 10.1. The Morgan fingerprint density at radius 3 is 2.70 bits per heavy atom. The highest BCUT2D eigenvalue weighted by Gasteiger charge is 2.11. The van der Waals surface area contributed by atoms with E-state index in [2.05, 4.69) is 21.2 Å². The van der Waals surface area contributed by atoms with Crippen molar-refractivity contribution < 1.29 is 13.9 Å². The molecule has 104 valence electrons. The summed E-state index contributed by atoms with van der Waals surface area (Å²) >= 11 is 3.27. The van der Waals surface area contributed by atoms with Gasteiger partial charge in [0.15, 0.2) is 0 Å². The molecule has 0 saturated carbocycles. The van der Waals surface area contributed by atoms with E-state index < -0.39 is 5.82 Å². The molecule has 0 aliphatic carbocycles. The van der Waals surface area contributed by atoms with Crippen LogP contribution in [0.4, 0.5) is 10.1 Å². The highest BCUT2D eigenvalue weighted by atomic mass is 79.9. The lowest BCUT2D eigenvalue weighted by Gasteiger charge is -2.10. The first-order valence-corrected chi connectivity index (χ1v) is 6.71. The molecule has 0 spiro atoms. The Balaban J connectivity index is 2.26. The van der Waals surface area contributed by atoms with Gasteiger partial charge in [-0.15, -0.1) is 0 Å². The maximum atomic E-state index is 13.2. The Kier molecular flexibility index (Phi) is 4.39. The Hall–Kier alpha value is -1.88. The second-order valence-corrected chi connectivity index (χ2v) is 5.12. The largest absolute Gasteiger partial charge is 0.496 e. The summed E-state index contributed by atoms with van der Waals surface area (Å²) in [6, 6.07) is 9.26. The SMILES string of the molecule is COc1cc(C(=O)Nc2cc(F)ccc2Br)ccc1C. The smallest absolute Gasteiger partial charge is 0.255 e. The molecule has 0 aromatic heterocycles. The van der Waals surface area contributed by atoms with Crippen LogP contribution in [-0.4, -0.2) is 13.0 Å². The van der Waals surface area contributed by atoms with E-state index in [9.17, 15) is 9.18 Å². The van der Waals surface area contributed by atoms with Crippen LogP contribution in [0.1, 0.15) is 15.9 Å². The molecule has 0 radical (unpaired) electrons. The number of hydrogen-bond acceptors (Lipinski definition) is 2. The molecule has 2 aromatic carbocycles. The average Bonchev–Trinajstić information content (AvgIpc) is 2.43. The molecular formula is C15H13BrFNO2. The van der Waals surface area contributed by atoms with Crippen molar-refractivity contribution in [2.75, 3.05) is 12.4 Å². The lowest BCUT2D eigenvalue weighted by molar-refractivity contribution is 0.102. The van der Waals surface area contributed by atoms with E-state index in [4.69, 9.17) is 4.74 Å². The molecule has 3 nitrogen and oxygen atoms in total. The third-order valence-corrected chi connectivity index (χ3v) is 3.54. The number of carbonyl (C=O) groups excluding carboxylic acids is 1. The maximum Gasteiger partial charge on any atom is 0.255 e. The summed E-state index contributed by atoms with van der Waals surface area (Å²) in [6.07, 6.45) is 0. The molecular weight excluding hydrogens is 325 g/mol. The van der Waals surface area contributed by atoms with Gasteiger partial charge in [-0.05, 0) is 58.7 Å². The van der Waals surface area contributed by atoms with Gasteiger partial charge < -0.3 is 10.1 Å². The van der Waals surface area contributed by atoms with Gasteiger partial charge in [-0.25, -0.2) is 4.39 Å². The molecule has 0 atom stereocenters. The lowest BCUT2D eigenvalue weighted by Crippen LogP contribution is -2.12. The van der Waals surface area contributed by atoms with Crippen molar-refractivity contribution in [3.05, 3.63) is 57.8 Å². The Morgan fingerprint density at radius 1 is 1.25 bits per heavy atom. The van der Waals surface area contributed by atoms with Crippen molar-refractivity contribution >= 4 is 27.5 Å². The van der Waals surface area contributed by atoms with Crippen molar-refractivity contribution in [2.24, 2.45) is 0 Å². The number of amides is 1. The molecule has 0 saturated heterocycles. The molecule has 2 aromatic rings. The van der Waals surface area contributed by atoms with Crippen LogP contribution in [0.15, 0.2) is 40.9 Å². The van der Waals surface area contributed by atoms with Crippen molar-refractivity contribution in [1.29, 1.82) is 0 Å². The van der Waals surface area contributed by atoms with Crippen LogP contribution in [0.25, 0.3) is 0 Å². The fourth-order valence-corrected chi connectivity index (χ4v) is 2.09. The maximum absolute atomic E-state index is 13.2. The third-order valence-electron chi connectivity index (χ3n) is 2.85. The van der Waals surface area contributed by atoms with E-state index in [1.807, 2.05) is 6.92 Å². The zero-order chi connectivity index (χ0) is 14.7. The first-order chi connectivity index (χ1) is 9.51. The summed E-state index contributed by atoms with van der Waals surface area (Å²) in [5.74, 6) is -0.101. The normalized spacial score (nSPS) is 10.2. The van der Waals surface area contributed by atoms with E-state index in [1.54, 1.807) is 31.4 Å². The van der Waals surface area contributed by atoms with Gasteiger partial charge in [0.25, 0.3) is 5.91 Å². The number of halogens is 2. The van der Waals surface area contributed by atoms with Crippen LogP contribution in [0.2, 0.25) is 0 Å². The monoisotopic (exact) mass is 337 g/mol. The van der Waals surface area contributed by atoms with Gasteiger partial charge in [0, 0.05) is 10.0 Å². The van der Waals surface area contributed by atoms with Crippen molar-refractivity contribution in [3.63, 3.8) is 0 Å². The molecule has 0 aliphatic heterocycles. The first-order valence-electron chi connectivity index (χ1n) is 5.92. The van der Waals surface area contributed by atoms with E-state index in [0.29, 0.717) is 21.5 Å². The summed E-state index contributed by atoms with van der Waals surface area (Å²) in [5, 5.41) is 2.66. The highest BCUT2D eigenvalue weighted by molar-refractivity contribution is 9.10. The van der Waals surface area contributed by atoms with Gasteiger partial charge in [0.05, 0.1) is 12.8 Å². The fraction of sp³-hybridized carbons (Fsp3) is 0.133. The van der Waals surface area contributed by atoms with Crippen LogP contribution in [0, 0.1) is 12.7 Å². The minimum absolute atomic E-state index is 0.324. The zero-order valence-corrected chi connectivity index (χ0v) is 12.6. The third kappa shape index (κ3) is 3.17. The van der Waals surface area contributed by atoms with Crippen LogP contribution in [-0.2, 0) is 0 Å². The molecule has 0 fully saturated rings. The molecule has 5 heteroatoms. The summed E-state index contributed by atoms with van der Waals surface area (Å²) in [4.78, 5) is 12.1. The molecule has 20 heavy (non-hydrogen) atoms. The molecule has 0 aliphatic rings. The molecule has 2 rings (SSSR count). The zero-order valence-electron chi connectivity index (χ0n) is 11.0. The van der Waals surface area contributed by atoms with Crippen LogP contribution >= 0.6 is 15.9 Å². The average molecular weight is 338 g/mol. The predicted molar refractivity (Wildman–Crippen MR) is 79.8 cm³/mol. The van der Waals surface area contributed by atoms with Gasteiger partial charge in [-0.2, -0.15) is 0 Å². The second kappa shape index (κ2) is 6.05. The van der Waals surface area contributed by atoms with E-state index in [-0.39, 0.29) is 5.91 Å². The Labute approximate surface area is 124 Å². The van der Waals surface area contributed by atoms with Crippen LogP contribution in [0.5, 0.6) is 5.75 Å². The number of anilines is 1. The van der Waals surface area contributed by atoms with Gasteiger partial charge in [0.2, 0.25) is 0 Å². The minimum atomic E-state index is -0.412. The van der Waals surface area contributed by atoms with E-state index >= 15 is 0 Å². The Bertz CT molecular complexity index is 658. The van der Waals surface area contributed by atoms with Gasteiger partial charge in [-0.1, -0.05) is 6.07 Å². The number of carbonyl (C=O) groups is 1. The fourth-order valence-electron chi connectivity index (χ4n) is 1.75. The minimum Gasteiger partial charge on any atom is -0.496 e. The van der Waals surface area contributed by atoms with Gasteiger partial charge in [0.1, 0.15) is 11.6 Å². The van der Waals surface area contributed by atoms with Crippen molar-refractivity contribution in [1.82, 2.24) is 0 Å². The molecule has 1 amide bonds. The summed E-state index contributed by atoms with van der Waals surface area (Å²) in [7, 11) is 1.55. The number of aryl methyl sites for hydroxylation is 1. The van der Waals surface area contributed by atoms with Crippen molar-refractivity contribution in [2.45, 2.75) is 6.92 Å². The number of rotatable bonds is 3. The van der Waals surface area contributed by atoms with Gasteiger partial charge >= 0.3 is 0 Å². The molecule has 0 heterocycles. The predicted octanol–water partition coefficient (Wildman–Crippen LogP) is 4.16. The molecule has 1 N–H and O–H groups in total. The van der Waals surface area contributed by atoms with Crippen LogP contribution in [0.3, 0.4) is 0 Å². The summed E-state index contributed by atoms with van der Waals surface area (Å²) in [6.45, 7) is 1.89. The van der Waals surface area contributed by atoms with E-state index in [1.165, 1.54) is 12.1 Å². The molecule has 0 unspecified atom stereocenters. The molecule has 0 bridgehead atoms. The summed E-state index contributed by atoms with van der Waals surface area (Å²) < 4.78 is 19.0. The topological polar surface area (TPSA) is 38.3 Å². The highest BCUT2D eigenvalue weighted by Crippen LogP contribution is 2.25. The number of methoxy groups -OCH3 is 1. The summed E-state index contributed by atoms with van der Waals surface area (Å²) in [5.41, 5.74) is 1.77. The quantitative estimate of drug-likeness (QED) is 0.913. The number of benzene rings is 2. The number of nitrogens with one attached hydrogen (secondary N) is 1. The van der Waals surface area contributed by atoms with Gasteiger partial charge in [-0.3, -0.25) is 4.79 Å².